The van der Waals surface area contributed by atoms with Crippen LogP contribution >= 0.6 is 11.6 Å². The van der Waals surface area contributed by atoms with Crippen LogP contribution in [-0.2, 0) is 9.53 Å². The molecule has 18 heavy (non-hydrogen) atoms. The number of ether oxygens (including phenoxy) is 1. The van der Waals surface area contributed by atoms with Gasteiger partial charge in [-0.1, -0.05) is 23.7 Å². The second-order valence-electron chi connectivity index (χ2n) is 4.35. The summed E-state index contributed by atoms with van der Waals surface area (Å²) in [5.74, 6) is -0.0883. The lowest BCUT2D eigenvalue weighted by Crippen LogP contribution is -2.48. The summed E-state index contributed by atoms with van der Waals surface area (Å²) >= 11 is 5.93. The molecule has 1 aliphatic heterocycles. The van der Waals surface area contributed by atoms with E-state index < -0.39 is 6.10 Å². The molecular formula is C13H17ClN2O2. The van der Waals surface area contributed by atoms with Gasteiger partial charge in [0.05, 0.1) is 12.6 Å². The van der Waals surface area contributed by atoms with E-state index in [0.29, 0.717) is 18.2 Å². The van der Waals surface area contributed by atoms with Crippen LogP contribution in [0.25, 0.3) is 0 Å². The SMILES string of the molecule is C[C@@H](NC(=O)C1CNCCO1)c1cccc(Cl)c1. The van der Waals surface area contributed by atoms with Gasteiger partial charge in [-0.25, -0.2) is 0 Å². The number of morpholine rings is 1. The monoisotopic (exact) mass is 268 g/mol. The Bertz CT molecular complexity index is 419. The molecule has 1 amide bonds. The standard InChI is InChI=1S/C13H17ClN2O2/c1-9(10-3-2-4-11(14)7-10)16-13(17)12-8-15-5-6-18-12/h2-4,7,9,12,15H,5-6,8H2,1H3,(H,16,17)/t9-,12?/m1/s1. The third kappa shape index (κ3) is 3.45. The lowest BCUT2D eigenvalue weighted by Gasteiger charge is -2.24. The molecular weight excluding hydrogens is 252 g/mol. The predicted molar refractivity (Wildman–Crippen MR) is 70.6 cm³/mol. The number of halogens is 1. The van der Waals surface area contributed by atoms with Gasteiger partial charge < -0.3 is 15.4 Å². The number of carbonyl (C=O) groups excluding carboxylic acids is 1. The van der Waals surface area contributed by atoms with Gasteiger partial charge in [0.15, 0.2) is 0 Å². The summed E-state index contributed by atoms with van der Waals surface area (Å²) in [5.41, 5.74) is 0.986. The fraction of sp³-hybridized carbons (Fsp3) is 0.462. The van der Waals surface area contributed by atoms with E-state index in [0.717, 1.165) is 12.1 Å². The summed E-state index contributed by atoms with van der Waals surface area (Å²) in [7, 11) is 0. The second-order valence-corrected chi connectivity index (χ2v) is 4.79. The van der Waals surface area contributed by atoms with E-state index >= 15 is 0 Å². The minimum atomic E-state index is -0.402. The van der Waals surface area contributed by atoms with Crippen LogP contribution in [0, 0.1) is 0 Å². The van der Waals surface area contributed by atoms with Crippen LogP contribution in [0.4, 0.5) is 0 Å². The van der Waals surface area contributed by atoms with Crippen LogP contribution in [0.1, 0.15) is 18.5 Å². The molecule has 1 aliphatic rings. The first-order valence-corrected chi connectivity index (χ1v) is 6.43. The van der Waals surface area contributed by atoms with E-state index in [1.165, 1.54) is 0 Å². The summed E-state index contributed by atoms with van der Waals surface area (Å²) in [6, 6.07) is 7.40. The summed E-state index contributed by atoms with van der Waals surface area (Å²) in [5, 5.41) is 6.73. The average Bonchev–Trinajstić information content (AvgIpc) is 2.39. The van der Waals surface area contributed by atoms with E-state index in [2.05, 4.69) is 10.6 Å². The van der Waals surface area contributed by atoms with Crippen molar-refractivity contribution in [1.29, 1.82) is 0 Å². The molecule has 1 aromatic carbocycles. The Balaban J connectivity index is 1.94. The minimum Gasteiger partial charge on any atom is -0.366 e. The van der Waals surface area contributed by atoms with Crippen molar-refractivity contribution in [1.82, 2.24) is 10.6 Å². The second kappa shape index (κ2) is 6.18. The first-order chi connectivity index (χ1) is 8.66. The Morgan fingerprint density at radius 2 is 2.44 bits per heavy atom. The Kier molecular flexibility index (Phi) is 4.58. The fourth-order valence-corrected chi connectivity index (χ4v) is 2.10. The molecule has 0 saturated carbocycles. The van der Waals surface area contributed by atoms with Gasteiger partial charge in [0.2, 0.25) is 0 Å². The zero-order valence-corrected chi connectivity index (χ0v) is 11.0. The highest BCUT2D eigenvalue weighted by atomic mass is 35.5. The molecule has 5 heteroatoms. The van der Waals surface area contributed by atoms with Crippen molar-refractivity contribution in [3.05, 3.63) is 34.9 Å². The number of rotatable bonds is 3. The molecule has 2 N–H and O–H groups in total. The van der Waals surface area contributed by atoms with E-state index in [1.54, 1.807) is 0 Å². The molecule has 0 aliphatic carbocycles. The lowest BCUT2D eigenvalue weighted by molar-refractivity contribution is -0.134. The van der Waals surface area contributed by atoms with Crippen LogP contribution in [0.15, 0.2) is 24.3 Å². The minimum absolute atomic E-state index is 0.0817. The fourth-order valence-electron chi connectivity index (χ4n) is 1.90. The zero-order chi connectivity index (χ0) is 13.0. The Morgan fingerprint density at radius 1 is 1.61 bits per heavy atom. The van der Waals surface area contributed by atoms with Crippen LogP contribution in [-0.4, -0.2) is 31.7 Å². The highest BCUT2D eigenvalue weighted by Gasteiger charge is 2.23. The molecule has 0 bridgehead atoms. The number of hydrogen-bond donors (Lipinski definition) is 2. The molecule has 1 saturated heterocycles. The lowest BCUT2D eigenvalue weighted by atomic mass is 10.1. The van der Waals surface area contributed by atoms with Gasteiger partial charge in [-0.05, 0) is 24.6 Å². The molecule has 98 valence electrons. The van der Waals surface area contributed by atoms with Crippen LogP contribution < -0.4 is 10.6 Å². The third-order valence-electron chi connectivity index (χ3n) is 2.93. The largest absolute Gasteiger partial charge is 0.366 e. The van der Waals surface area contributed by atoms with Gasteiger partial charge in [0, 0.05) is 18.1 Å². The first-order valence-electron chi connectivity index (χ1n) is 6.05. The summed E-state index contributed by atoms with van der Waals surface area (Å²) in [6.07, 6.45) is -0.402. The molecule has 4 nitrogen and oxygen atoms in total. The number of hydrogen-bond acceptors (Lipinski definition) is 3. The average molecular weight is 269 g/mol. The van der Waals surface area contributed by atoms with Crippen LogP contribution in [0.3, 0.4) is 0 Å². The van der Waals surface area contributed by atoms with Gasteiger partial charge >= 0.3 is 0 Å². The Labute approximate surface area is 112 Å². The van der Waals surface area contributed by atoms with E-state index in [4.69, 9.17) is 16.3 Å². The normalized spacial score (nSPS) is 21.3. The maximum Gasteiger partial charge on any atom is 0.250 e. The van der Waals surface area contributed by atoms with Crippen molar-refractivity contribution in [3.8, 4) is 0 Å². The highest BCUT2D eigenvalue weighted by Crippen LogP contribution is 2.17. The van der Waals surface area contributed by atoms with E-state index in [-0.39, 0.29) is 11.9 Å². The molecule has 0 aromatic heterocycles. The first kappa shape index (κ1) is 13.3. The van der Waals surface area contributed by atoms with E-state index in [9.17, 15) is 4.79 Å². The third-order valence-corrected chi connectivity index (χ3v) is 3.16. The molecule has 2 atom stereocenters. The molecule has 0 radical (unpaired) electrons. The smallest absolute Gasteiger partial charge is 0.250 e. The van der Waals surface area contributed by atoms with Gasteiger partial charge in [-0.3, -0.25) is 4.79 Å². The highest BCUT2D eigenvalue weighted by molar-refractivity contribution is 6.30. The van der Waals surface area contributed by atoms with Crippen molar-refractivity contribution in [2.24, 2.45) is 0 Å². The Hall–Kier alpha value is -1.10. The Morgan fingerprint density at radius 3 is 3.11 bits per heavy atom. The van der Waals surface area contributed by atoms with Crippen molar-refractivity contribution >= 4 is 17.5 Å². The molecule has 1 fully saturated rings. The maximum absolute atomic E-state index is 12.0. The molecule has 1 aromatic rings. The van der Waals surface area contributed by atoms with Crippen molar-refractivity contribution in [2.45, 2.75) is 19.1 Å². The van der Waals surface area contributed by atoms with Crippen LogP contribution in [0.5, 0.6) is 0 Å². The number of carbonyl (C=O) groups is 1. The summed E-state index contributed by atoms with van der Waals surface area (Å²) in [6.45, 7) is 3.87. The molecule has 2 rings (SSSR count). The number of benzene rings is 1. The molecule has 0 spiro atoms. The van der Waals surface area contributed by atoms with Crippen molar-refractivity contribution in [3.63, 3.8) is 0 Å². The topological polar surface area (TPSA) is 50.4 Å². The number of amides is 1. The summed E-state index contributed by atoms with van der Waals surface area (Å²) < 4.78 is 5.40. The number of nitrogens with one attached hydrogen (secondary N) is 2. The van der Waals surface area contributed by atoms with E-state index in [1.807, 2.05) is 31.2 Å². The van der Waals surface area contributed by atoms with Crippen LogP contribution in [0.2, 0.25) is 5.02 Å². The predicted octanol–water partition coefficient (Wildman–Crippen LogP) is 1.51. The van der Waals surface area contributed by atoms with Gasteiger partial charge in [-0.15, -0.1) is 0 Å². The van der Waals surface area contributed by atoms with Gasteiger partial charge in [0.25, 0.3) is 5.91 Å². The summed E-state index contributed by atoms with van der Waals surface area (Å²) in [4.78, 5) is 12.0. The van der Waals surface area contributed by atoms with Crippen molar-refractivity contribution in [2.75, 3.05) is 19.7 Å². The molecule has 1 heterocycles. The zero-order valence-electron chi connectivity index (χ0n) is 10.3. The quantitative estimate of drug-likeness (QED) is 0.874. The maximum atomic E-state index is 12.0. The van der Waals surface area contributed by atoms with Crippen molar-refractivity contribution < 1.29 is 9.53 Å². The van der Waals surface area contributed by atoms with Gasteiger partial charge in [-0.2, -0.15) is 0 Å². The van der Waals surface area contributed by atoms with Gasteiger partial charge in [0.1, 0.15) is 6.10 Å². The molecule has 1 unspecified atom stereocenters.